The molecule has 0 atom stereocenters. The topological polar surface area (TPSA) is 55.1 Å². The molecule has 116 valence electrons. The van der Waals surface area contributed by atoms with Gasteiger partial charge in [0.25, 0.3) is 0 Å². The molecule has 0 aliphatic heterocycles. The molecule has 4 rings (SSSR count). The number of amides is 1. The first-order valence-electron chi connectivity index (χ1n) is 7.52. The van der Waals surface area contributed by atoms with E-state index in [1.165, 1.54) is 0 Å². The number of oxazole rings is 1. The number of benzene rings is 2. The second-order valence-electron chi connectivity index (χ2n) is 5.96. The minimum atomic E-state index is -0.434. The zero-order valence-electron chi connectivity index (χ0n) is 12.6. The van der Waals surface area contributed by atoms with Gasteiger partial charge in [-0.15, -0.1) is 0 Å². The number of carbonyl (C=O) groups excluding carboxylic acids is 1. The molecule has 1 aliphatic carbocycles. The fourth-order valence-electron chi connectivity index (χ4n) is 2.91. The largest absolute Gasteiger partial charge is 0.441 e. The normalized spacial score (nSPS) is 15.6. The standard InChI is InChI=1S/C18H15ClN2O2/c1-11-20-15-7-6-14(10-16(15)23-11)21-17(22)18(8-9-18)12-2-4-13(19)5-3-12/h2-7,10H,8-9H2,1H3,(H,21,22). The van der Waals surface area contributed by atoms with Gasteiger partial charge in [0, 0.05) is 23.7 Å². The van der Waals surface area contributed by atoms with Gasteiger partial charge in [-0.05, 0) is 42.7 Å². The van der Waals surface area contributed by atoms with E-state index in [0.29, 0.717) is 16.5 Å². The van der Waals surface area contributed by atoms with Crippen LogP contribution in [0.25, 0.3) is 11.1 Å². The monoisotopic (exact) mass is 326 g/mol. The van der Waals surface area contributed by atoms with Crippen molar-refractivity contribution in [2.24, 2.45) is 0 Å². The SMILES string of the molecule is Cc1nc2ccc(NC(=O)C3(c4ccc(Cl)cc4)CC3)cc2o1. The highest BCUT2D eigenvalue weighted by molar-refractivity contribution is 6.30. The maximum atomic E-state index is 12.7. The minimum absolute atomic E-state index is 0.00964. The van der Waals surface area contributed by atoms with Gasteiger partial charge in [0.1, 0.15) is 5.52 Å². The van der Waals surface area contributed by atoms with Crippen LogP contribution in [0.3, 0.4) is 0 Å². The van der Waals surface area contributed by atoms with Gasteiger partial charge >= 0.3 is 0 Å². The number of hydrogen-bond acceptors (Lipinski definition) is 3. The van der Waals surface area contributed by atoms with Gasteiger partial charge in [0.15, 0.2) is 11.5 Å². The summed E-state index contributed by atoms with van der Waals surface area (Å²) in [6.45, 7) is 1.80. The van der Waals surface area contributed by atoms with Crippen molar-refractivity contribution < 1.29 is 9.21 Å². The Morgan fingerprint density at radius 2 is 1.96 bits per heavy atom. The number of rotatable bonds is 3. The van der Waals surface area contributed by atoms with Gasteiger partial charge in [-0.25, -0.2) is 4.98 Å². The molecule has 1 N–H and O–H groups in total. The van der Waals surface area contributed by atoms with Crippen molar-refractivity contribution in [1.29, 1.82) is 0 Å². The lowest BCUT2D eigenvalue weighted by molar-refractivity contribution is -0.118. The highest BCUT2D eigenvalue weighted by atomic mass is 35.5. The highest BCUT2D eigenvalue weighted by Gasteiger charge is 2.51. The fourth-order valence-corrected chi connectivity index (χ4v) is 3.04. The molecule has 23 heavy (non-hydrogen) atoms. The summed E-state index contributed by atoms with van der Waals surface area (Å²) in [6.07, 6.45) is 1.70. The Morgan fingerprint density at radius 3 is 2.65 bits per heavy atom. The van der Waals surface area contributed by atoms with E-state index in [1.807, 2.05) is 42.5 Å². The van der Waals surface area contributed by atoms with E-state index in [2.05, 4.69) is 10.3 Å². The summed E-state index contributed by atoms with van der Waals surface area (Å²) < 4.78 is 5.51. The molecule has 5 heteroatoms. The Balaban J connectivity index is 1.59. The van der Waals surface area contributed by atoms with Crippen LogP contribution in [0.15, 0.2) is 46.9 Å². The Morgan fingerprint density at radius 1 is 1.22 bits per heavy atom. The molecule has 1 aliphatic rings. The first kappa shape index (κ1) is 14.3. The smallest absolute Gasteiger partial charge is 0.235 e. The van der Waals surface area contributed by atoms with Crippen molar-refractivity contribution in [2.45, 2.75) is 25.2 Å². The third kappa shape index (κ3) is 2.49. The van der Waals surface area contributed by atoms with E-state index >= 15 is 0 Å². The van der Waals surface area contributed by atoms with Gasteiger partial charge in [0.2, 0.25) is 5.91 Å². The summed E-state index contributed by atoms with van der Waals surface area (Å²) in [4.78, 5) is 17.0. The summed E-state index contributed by atoms with van der Waals surface area (Å²) in [5, 5.41) is 3.68. The molecule has 0 bridgehead atoms. The maximum Gasteiger partial charge on any atom is 0.235 e. The Kier molecular flexibility index (Phi) is 3.16. The molecule has 1 amide bonds. The fraction of sp³-hybridized carbons (Fsp3) is 0.222. The third-order valence-corrected chi connectivity index (χ3v) is 4.59. The second kappa shape index (κ2) is 5.10. The van der Waals surface area contributed by atoms with Crippen molar-refractivity contribution in [3.8, 4) is 0 Å². The van der Waals surface area contributed by atoms with E-state index in [1.54, 1.807) is 6.92 Å². The van der Waals surface area contributed by atoms with E-state index in [9.17, 15) is 4.79 Å². The Bertz CT molecular complexity index is 895. The molecule has 0 spiro atoms. The van der Waals surface area contributed by atoms with Crippen molar-refractivity contribution in [1.82, 2.24) is 4.98 Å². The molecular formula is C18H15ClN2O2. The van der Waals surface area contributed by atoms with E-state index in [0.717, 1.165) is 29.6 Å². The molecule has 2 aromatic carbocycles. The zero-order valence-corrected chi connectivity index (χ0v) is 13.4. The predicted molar refractivity (Wildman–Crippen MR) is 89.7 cm³/mol. The Hall–Kier alpha value is -2.33. The molecule has 0 radical (unpaired) electrons. The summed E-state index contributed by atoms with van der Waals surface area (Å²) in [5.41, 5.74) is 2.77. The van der Waals surface area contributed by atoms with E-state index < -0.39 is 5.41 Å². The van der Waals surface area contributed by atoms with Crippen molar-refractivity contribution in [3.63, 3.8) is 0 Å². The number of nitrogens with one attached hydrogen (secondary N) is 1. The molecule has 3 aromatic rings. The number of aryl methyl sites for hydroxylation is 1. The van der Waals surface area contributed by atoms with Crippen LogP contribution in [0.5, 0.6) is 0 Å². The summed E-state index contributed by atoms with van der Waals surface area (Å²) in [5.74, 6) is 0.624. The second-order valence-corrected chi connectivity index (χ2v) is 6.39. The van der Waals surface area contributed by atoms with Crippen LogP contribution in [0.1, 0.15) is 24.3 Å². The molecule has 1 aromatic heterocycles. The quantitative estimate of drug-likeness (QED) is 0.773. The zero-order chi connectivity index (χ0) is 16.0. The summed E-state index contributed by atoms with van der Waals surface area (Å²) in [6, 6.07) is 13.0. The lowest BCUT2D eigenvalue weighted by atomic mass is 9.95. The number of carbonyl (C=O) groups is 1. The molecule has 1 heterocycles. The summed E-state index contributed by atoms with van der Waals surface area (Å²) in [7, 11) is 0. The van der Waals surface area contributed by atoms with E-state index in [4.69, 9.17) is 16.0 Å². The van der Waals surface area contributed by atoms with Gasteiger partial charge in [-0.2, -0.15) is 0 Å². The first-order chi connectivity index (χ1) is 11.1. The summed E-state index contributed by atoms with van der Waals surface area (Å²) >= 11 is 5.93. The van der Waals surface area contributed by atoms with E-state index in [-0.39, 0.29) is 5.91 Å². The van der Waals surface area contributed by atoms with Crippen LogP contribution in [-0.4, -0.2) is 10.9 Å². The lowest BCUT2D eigenvalue weighted by Gasteiger charge is -2.16. The molecular weight excluding hydrogens is 312 g/mol. The minimum Gasteiger partial charge on any atom is -0.441 e. The highest BCUT2D eigenvalue weighted by Crippen LogP contribution is 2.49. The average molecular weight is 327 g/mol. The van der Waals surface area contributed by atoms with Gasteiger partial charge in [0.05, 0.1) is 5.41 Å². The number of anilines is 1. The number of fused-ring (bicyclic) bond motifs is 1. The van der Waals surface area contributed by atoms with Crippen LogP contribution in [0.2, 0.25) is 5.02 Å². The van der Waals surface area contributed by atoms with Crippen molar-refractivity contribution >= 4 is 34.3 Å². The van der Waals surface area contributed by atoms with Crippen LogP contribution in [0.4, 0.5) is 5.69 Å². The van der Waals surface area contributed by atoms with Crippen molar-refractivity contribution in [2.75, 3.05) is 5.32 Å². The molecule has 4 nitrogen and oxygen atoms in total. The maximum absolute atomic E-state index is 12.7. The average Bonchev–Trinajstić information content (AvgIpc) is 3.25. The van der Waals surface area contributed by atoms with Crippen LogP contribution < -0.4 is 5.32 Å². The molecule has 0 saturated heterocycles. The number of nitrogens with zero attached hydrogens (tertiary/aromatic N) is 1. The Labute approximate surface area is 138 Å². The number of halogens is 1. The van der Waals surface area contributed by atoms with Gasteiger partial charge in [-0.1, -0.05) is 23.7 Å². The van der Waals surface area contributed by atoms with Gasteiger partial charge in [-0.3, -0.25) is 4.79 Å². The van der Waals surface area contributed by atoms with Gasteiger partial charge < -0.3 is 9.73 Å². The first-order valence-corrected chi connectivity index (χ1v) is 7.89. The predicted octanol–water partition coefficient (Wildman–Crippen LogP) is 4.46. The van der Waals surface area contributed by atoms with Crippen LogP contribution in [-0.2, 0) is 10.2 Å². The van der Waals surface area contributed by atoms with Crippen molar-refractivity contribution in [3.05, 3.63) is 58.9 Å². The van der Waals surface area contributed by atoms with Crippen LogP contribution in [0, 0.1) is 6.92 Å². The number of hydrogen-bond donors (Lipinski definition) is 1. The van der Waals surface area contributed by atoms with Crippen LogP contribution >= 0.6 is 11.6 Å². The molecule has 1 saturated carbocycles. The molecule has 0 unspecified atom stereocenters. The number of aromatic nitrogens is 1. The lowest BCUT2D eigenvalue weighted by Crippen LogP contribution is -2.27. The molecule has 1 fully saturated rings. The third-order valence-electron chi connectivity index (χ3n) is 4.33.